The molecule has 3 heterocycles. The normalized spacial score (nSPS) is 17.6. The van der Waals surface area contributed by atoms with Crippen molar-refractivity contribution in [1.29, 1.82) is 0 Å². The fourth-order valence-corrected chi connectivity index (χ4v) is 4.38. The van der Waals surface area contributed by atoms with Gasteiger partial charge in [-0.15, -0.1) is 0 Å². The van der Waals surface area contributed by atoms with E-state index in [1.165, 1.54) is 11.8 Å². The predicted octanol–water partition coefficient (Wildman–Crippen LogP) is 4.12. The number of alkyl halides is 3. The molecule has 0 amide bonds. The van der Waals surface area contributed by atoms with Gasteiger partial charge >= 0.3 is 6.18 Å². The van der Waals surface area contributed by atoms with E-state index in [2.05, 4.69) is 10.00 Å². The molecule has 2 fully saturated rings. The summed E-state index contributed by atoms with van der Waals surface area (Å²) in [4.78, 5) is 6.86. The van der Waals surface area contributed by atoms with Crippen molar-refractivity contribution in [1.82, 2.24) is 14.8 Å². The summed E-state index contributed by atoms with van der Waals surface area (Å²) in [5.74, 6) is -4.66. The van der Waals surface area contributed by atoms with Crippen LogP contribution in [0, 0.1) is 11.6 Å². The Morgan fingerprint density at radius 3 is 2.65 bits per heavy atom. The molecule has 1 saturated heterocycles. The third kappa shape index (κ3) is 3.65. The zero-order chi connectivity index (χ0) is 24.3. The summed E-state index contributed by atoms with van der Waals surface area (Å²) in [6.07, 6.45) is -3.22. The Balaban J connectivity index is 1.68. The number of anilines is 1. The number of aromatic nitrogens is 3. The molecular formula is C22H21F5N4O3. The molecular weight excluding hydrogens is 463 g/mol. The smallest absolute Gasteiger partial charge is 0.419 e. The first-order chi connectivity index (χ1) is 16.2. The number of ether oxygens (including phenoxy) is 2. The standard InChI is InChI=1S/C22H21F5N4O3/c1-33-8-7-31-20-12(2-3-15(28-20)30-6-9-34-11-21(30)4-5-21)18(29-31)13-10-14(22(25,26)27)17(24)19(32)16(13)23/h2-3,10,32H,4-9,11H2,1H3. The zero-order valence-corrected chi connectivity index (χ0v) is 18.1. The topological polar surface area (TPSA) is 72.6 Å². The van der Waals surface area contributed by atoms with Crippen molar-refractivity contribution < 1.29 is 36.5 Å². The number of halogens is 5. The number of fused-ring (bicyclic) bond motifs is 1. The SMILES string of the molecule is COCCn1nc(-c2cc(C(F)(F)F)c(F)c(O)c2F)c2ccc(N3CCOCC34CC4)nc21. The summed E-state index contributed by atoms with van der Waals surface area (Å²) in [5, 5.41) is 14.3. The number of methoxy groups -OCH3 is 1. The second kappa shape index (κ2) is 8.05. The van der Waals surface area contributed by atoms with E-state index in [0.717, 1.165) is 12.8 Å². The summed E-state index contributed by atoms with van der Waals surface area (Å²) < 4.78 is 80.9. The molecule has 2 aromatic heterocycles. The van der Waals surface area contributed by atoms with E-state index in [0.29, 0.717) is 37.3 Å². The molecule has 1 saturated carbocycles. The van der Waals surface area contributed by atoms with Gasteiger partial charge in [-0.1, -0.05) is 0 Å². The molecule has 3 aromatic rings. The van der Waals surface area contributed by atoms with E-state index >= 15 is 0 Å². The van der Waals surface area contributed by atoms with Crippen LogP contribution in [0.5, 0.6) is 5.75 Å². The highest BCUT2D eigenvalue weighted by Gasteiger charge is 2.50. The van der Waals surface area contributed by atoms with Crippen LogP contribution in [0.4, 0.5) is 27.8 Å². The fourth-order valence-electron chi connectivity index (χ4n) is 4.38. The lowest BCUT2D eigenvalue weighted by Gasteiger charge is -2.37. The Morgan fingerprint density at radius 2 is 1.97 bits per heavy atom. The van der Waals surface area contributed by atoms with Gasteiger partial charge in [0.25, 0.3) is 0 Å². The van der Waals surface area contributed by atoms with Gasteiger partial charge in [-0.25, -0.2) is 18.4 Å². The maximum absolute atomic E-state index is 14.8. The van der Waals surface area contributed by atoms with Gasteiger partial charge in [-0.05, 0) is 31.0 Å². The number of nitrogens with zero attached hydrogens (tertiary/aromatic N) is 4. The molecule has 1 aliphatic heterocycles. The number of hydrogen-bond donors (Lipinski definition) is 1. The molecule has 1 N–H and O–H groups in total. The molecule has 1 spiro atoms. The minimum absolute atomic E-state index is 0.115. The number of morpholine rings is 1. The molecule has 1 aromatic carbocycles. The fraction of sp³-hybridized carbons (Fsp3) is 0.455. The van der Waals surface area contributed by atoms with Crippen LogP contribution in [-0.4, -0.2) is 58.9 Å². The van der Waals surface area contributed by atoms with Crippen LogP contribution < -0.4 is 4.90 Å². The summed E-state index contributed by atoms with van der Waals surface area (Å²) in [5.41, 5.74) is -2.45. The van der Waals surface area contributed by atoms with E-state index in [1.54, 1.807) is 12.1 Å². The van der Waals surface area contributed by atoms with Gasteiger partial charge in [0.05, 0.1) is 37.5 Å². The lowest BCUT2D eigenvalue weighted by molar-refractivity contribution is -0.140. The van der Waals surface area contributed by atoms with Crippen LogP contribution in [-0.2, 0) is 22.2 Å². The maximum Gasteiger partial charge on any atom is 0.419 e. The summed E-state index contributed by atoms with van der Waals surface area (Å²) in [6, 6.07) is 3.62. The molecule has 0 radical (unpaired) electrons. The molecule has 0 unspecified atom stereocenters. The number of hydrogen-bond acceptors (Lipinski definition) is 6. The van der Waals surface area contributed by atoms with Crippen molar-refractivity contribution in [3.05, 3.63) is 35.4 Å². The van der Waals surface area contributed by atoms with Gasteiger partial charge in [0.2, 0.25) is 0 Å². The van der Waals surface area contributed by atoms with Crippen molar-refractivity contribution in [2.75, 3.05) is 38.4 Å². The quantitative estimate of drug-likeness (QED) is 0.550. The van der Waals surface area contributed by atoms with Crippen LogP contribution >= 0.6 is 0 Å². The zero-order valence-electron chi connectivity index (χ0n) is 18.1. The van der Waals surface area contributed by atoms with Crippen molar-refractivity contribution in [3.63, 3.8) is 0 Å². The largest absolute Gasteiger partial charge is 0.503 e. The lowest BCUT2D eigenvalue weighted by atomic mass is 10.0. The van der Waals surface area contributed by atoms with Crippen molar-refractivity contribution >= 4 is 16.9 Å². The molecule has 12 heteroatoms. The summed E-state index contributed by atoms with van der Waals surface area (Å²) >= 11 is 0. The molecule has 1 aliphatic carbocycles. The van der Waals surface area contributed by atoms with E-state index in [4.69, 9.17) is 14.5 Å². The van der Waals surface area contributed by atoms with Crippen molar-refractivity contribution in [2.45, 2.75) is 31.1 Å². The van der Waals surface area contributed by atoms with Crippen LogP contribution in [0.2, 0.25) is 0 Å². The Labute approximate surface area is 190 Å². The first-order valence-electron chi connectivity index (χ1n) is 10.7. The maximum atomic E-state index is 14.8. The molecule has 182 valence electrons. The van der Waals surface area contributed by atoms with E-state index in [-0.39, 0.29) is 29.8 Å². The van der Waals surface area contributed by atoms with Gasteiger partial charge in [0.1, 0.15) is 11.5 Å². The van der Waals surface area contributed by atoms with Gasteiger partial charge in [0, 0.05) is 24.6 Å². The minimum Gasteiger partial charge on any atom is -0.503 e. The second-order valence-corrected chi connectivity index (χ2v) is 8.48. The number of pyridine rings is 1. The number of aromatic hydroxyl groups is 1. The number of benzene rings is 1. The van der Waals surface area contributed by atoms with Gasteiger partial charge in [-0.2, -0.15) is 18.3 Å². The Kier molecular flexibility index (Phi) is 5.40. The highest BCUT2D eigenvalue weighted by molar-refractivity contribution is 5.92. The average Bonchev–Trinajstić information content (AvgIpc) is 3.47. The highest BCUT2D eigenvalue weighted by atomic mass is 19.4. The number of phenols is 1. The Bertz CT molecular complexity index is 1260. The molecule has 0 bridgehead atoms. The van der Waals surface area contributed by atoms with E-state index in [9.17, 15) is 27.1 Å². The summed E-state index contributed by atoms with van der Waals surface area (Å²) in [7, 11) is 1.48. The minimum atomic E-state index is -5.14. The highest BCUT2D eigenvalue weighted by Crippen LogP contribution is 2.46. The van der Waals surface area contributed by atoms with Crippen LogP contribution in [0.1, 0.15) is 18.4 Å². The summed E-state index contributed by atoms with van der Waals surface area (Å²) in [6.45, 7) is 2.16. The van der Waals surface area contributed by atoms with Crippen LogP contribution in [0.3, 0.4) is 0 Å². The molecule has 7 nitrogen and oxygen atoms in total. The molecule has 0 atom stereocenters. The molecule has 5 rings (SSSR count). The third-order valence-corrected chi connectivity index (χ3v) is 6.33. The lowest BCUT2D eigenvalue weighted by Crippen LogP contribution is -2.48. The number of rotatable bonds is 5. The molecule has 2 aliphatic rings. The predicted molar refractivity (Wildman–Crippen MR) is 112 cm³/mol. The Hall–Kier alpha value is -2.99. The third-order valence-electron chi connectivity index (χ3n) is 6.33. The number of phenolic OH excluding ortho intramolecular Hbond substituents is 1. The molecule has 34 heavy (non-hydrogen) atoms. The van der Waals surface area contributed by atoms with Crippen LogP contribution in [0.15, 0.2) is 18.2 Å². The Morgan fingerprint density at radius 1 is 1.21 bits per heavy atom. The first kappa shape index (κ1) is 22.8. The van der Waals surface area contributed by atoms with Gasteiger partial charge in [0.15, 0.2) is 23.0 Å². The first-order valence-corrected chi connectivity index (χ1v) is 10.7. The van der Waals surface area contributed by atoms with E-state index in [1.807, 2.05) is 0 Å². The van der Waals surface area contributed by atoms with Crippen molar-refractivity contribution in [2.24, 2.45) is 0 Å². The van der Waals surface area contributed by atoms with Crippen molar-refractivity contribution in [3.8, 4) is 17.0 Å². The van der Waals surface area contributed by atoms with E-state index < -0.39 is 34.7 Å². The van der Waals surface area contributed by atoms with Gasteiger partial charge < -0.3 is 19.5 Å². The van der Waals surface area contributed by atoms with Crippen LogP contribution in [0.25, 0.3) is 22.3 Å². The van der Waals surface area contributed by atoms with Gasteiger partial charge in [-0.3, -0.25) is 0 Å². The average molecular weight is 484 g/mol. The monoisotopic (exact) mass is 484 g/mol. The second-order valence-electron chi connectivity index (χ2n) is 8.48.